The lowest BCUT2D eigenvalue weighted by molar-refractivity contribution is 0.135. The molecule has 0 unspecified atom stereocenters. The number of fused-ring (bicyclic) bond motifs is 1. The summed E-state index contributed by atoms with van der Waals surface area (Å²) < 4.78 is 7.13. The Bertz CT molecular complexity index is 874. The molecular weight excluding hydrogens is 330 g/mol. The van der Waals surface area contributed by atoms with Crippen LogP contribution in [-0.4, -0.2) is 56.9 Å². The lowest BCUT2D eigenvalue weighted by Crippen LogP contribution is -2.53. The Labute approximate surface area is 152 Å². The predicted molar refractivity (Wildman–Crippen MR) is 99.3 cm³/mol. The first-order chi connectivity index (χ1) is 12.6. The van der Waals surface area contributed by atoms with Crippen molar-refractivity contribution in [2.45, 2.75) is 32.9 Å². The Kier molecular flexibility index (Phi) is 4.65. The first-order valence-electron chi connectivity index (χ1n) is 9.09. The Balaban J connectivity index is 1.59. The van der Waals surface area contributed by atoms with Gasteiger partial charge < -0.3 is 14.4 Å². The van der Waals surface area contributed by atoms with E-state index in [-0.39, 0.29) is 12.6 Å². The summed E-state index contributed by atoms with van der Waals surface area (Å²) in [5.74, 6) is 1.08. The van der Waals surface area contributed by atoms with Crippen LogP contribution in [0, 0.1) is 13.8 Å². The summed E-state index contributed by atoms with van der Waals surface area (Å²) in [6.07, 6.45) is 4.26. The Morgan fingerprint density at radius 3 is 2.88 bits per heavy atom. The van der Waals surface area contributed by atoms with Gasteiger partial charge in [0.15, 0.2) is 5.65 Å². The van der Waals surface area contributed by atoms with Gasteiger partial charge in [0, 0.05) is 62.2 Å². The number of aliphatic hydroxyl groups excluding tert-OH is 1. The lowest BCUT2D eigenvalue weighted by atomic mass is 10.1. The number of aliphatic hydroxyl groups is 1. The molecule has 0 bridgehead atoms. The second-order valence-electron chi connectivity index (χ2n) is 7.03. The third-order valence-electron chi connectivity index (χ3n) is 5.02. The van der Waals surface area contributed by atoms with E-state index in [2.05, 4.69) is 25.9 Å². The number of anilines is 1. The molecule has 7 heteroatoms. The quantitative estimate of drug-likeness (QED) is 0.755. The van der Waals surface area contributed by atoms with Crippen LogP contribution < -0.4 is 4.90 Å². The summed E-state index contributed by atoms with van der Waals surface area (Å²) in [5.41, 5.74) is 4.02. The molecule has 3 aromatic rings. The van der Waals surface area contributed by atoms with E-state index < -0.39 is 0 Å². The number of aromatic nitrogens is 3. The standard InChI is InChI=1S/C19H25N5O2/c1-14-10-19(24-18(20-14)9-15(2)21-24)23-6-5-22(17(12-23)3-7-25)11-16-4-8-26-13-16/h4,8-10,13,17,25H,3,5-7,11-12H2,1-2H3/t17-/m1/s1. The second-order valence-corrected chi connectivity index (χ2v) is 7.03. The van der Waals surface area contributed by atoms with Gasteiger partial charge in [-0.25, -0.2) is 4.98 Å². The molecule has 1 saturated heterocycles. The SMILES string of the molecule is Cc1cc(N2CCN(Cc3ccoc3)[C@H](CCO)C2)n2nc(C)cc2n1. The van der Waals surface area contributed by atoms with Crippen molar-refractivity contribution in [3.8, 4) is 0 Å². The molecule has 0 aliphatic carbocycles. The number of rotatable bonds is 5. The summed E-state index contributed by atoms with van der Waals surface area (Å²) >= 11 is 0. The maximum Gasteiger partial charge on any atom is 0.157 e. The summed E-state index contributed by atoms with van der Waals surface area (Å²) in [4.78, 5) is 9.37. The van der Waals surface area contributed by atoms with Gasteiger partial charge in [-0.15, -0.1) is 0 Å². The molecule has 1 aliphatic rings. The zero-order chi connectivity index (χ0) is 18.1. The first-order valence-corrected chi connectivity index (χ1v) is 9.09. The van der Waals surface area contributed by atoms with Gasteiger partial charge in [-0.3, -0.25) is 4.90 Å². The van der Waals surface area contributed by atoms with Crippen molar-refractivity contribution in [3.05, 3.63) is 47.7 Å². The molecule has 0 radical (unpaired) electrons. The summed E-state index contributed by atoms with van der Waals surface area (Å²) in [6.45, 7) is 7.75. The van der Waals surface area contributed by atoms with Gasteiger partial charge in [0.2, 0.25) is 0 Å². The monoisotopic (exact) mass is 355 g/mol. The molecule has 1 aliphatic heterocycles. The number of aryl methyl sites for hydroxylation is 2. The van der Waals surface area contributed by atoms with Crippen molar-refractivity contribution in [2.24, 2.45) is 0 Å². The Hall–Kier alpha value is -2.38. The van der Waals surface area contributed by atoms with Gasteiger partial charge in [-0.1, -0.05) is 0 Å². The minimum atomic E-state index is 0.187. The normalized spacial score (nSPS) is 18.7. The average molecular weight is 355 g/mol. The fraction of sp³-hybridized carbons (Fsp3) is 0.474. The molecule has 3 aromatic heterocycles. The second kappa shape index (κ2) is 7.09. The van der Waals surface area contributed by atoms with Crippen LogP contribution in [0.15, 0.2) is 35.1 Å². The predicted octanol–water partition coefficient (Wildman–Crippen LogP) is 2.01. The highest BCUT2D eigenvalue weighted by Crippen LogP contribution is 2.24. The van der Waals surface area contributed by atoms with Gasteiger partial charge in [0.25, 0.3) is 0 Å². The Morgan fingerprint density at radius 2 is 2.12 bits per heavy atom. The van der Waals surface area contributed by atoms with Gasteiger partial charge in [0.1, 0.15) is 5.82 Å². The Morgan fingerprint density at radius 1 is 1.23 bits per heavy atom. The smallest absolute Gasteiger partial charge is 0.157 e. The molecule has 1 N–H and O–H groups in total. The van der Waals surface area contributed by atoms with Crippen molar-refractivity contribution in [3.63, 3.8) is 0 Å². The molecule has 7 nitrogen and oxygen atoms in total. The van der Waals surface area contributed by atoms with Crippen LogP contribution in [0.5, 0.6) is 0 Å². The maximum absolute atomic E-state index is 9.55. The topological polar surface area (TPSA) is 70.0 Å². The summed E-state index contributed by atoms with van der Waals surface area (Å²) in [7, 11) is 0. The van der Waals surface area contributed by atoms with Crippen molar-refractivity contribution < 1.29 is 9.52 Å². The van der Waals surface area contributed by atoms with Gasteiger partial charge in [0.05, 0.1) is 18.2 Å². The molecule has 0 spiro atoms. The van der Waals surface area contributed by atoms with Crippen molar-refractivity contribution >= 4 is 11.5 Å². The van der Waals surface area contributed by atoms with Crippen LogP contribution in [0.3, 0.4) is 0 Å². The van der Waals surface area contributed by atoms with Gasteiger partial charge >= 0.3 is 0 Å². The molecular formula is C19H25N5O2. The largest absolute Gasteiger partial charge is 0.472 e. The molecule has 26 heavy (non-hydrogen) atoms. The van der Waals surface area contributed by atoms with Crippen LogP contribution in [0.2, 0.25) is 0 Å². The molecule has 0 amide bonds. The average Bonchev–Trinajstić information content (AvgIpc) is 3.24. The minimum absolute atomic E-state index is 0.187. The van der Waals surface area contributed by atoms with E-state index in [9.17, 15) is 5.11 Å². The summed E-state index contributed by atoms with van der Waals surface area (Å²) in [5, 5.41) is 14.2. The minimum Gasteiger partial charge on any atom is -0.472 e. The van der Waals surface area contributed by atoms with Crippen molar-refractivity contribution in [1.29, 1.82) is 0 Å². The molecule has 0 saturated carbocycles. The van der Waals surface area contributed by atoms with Crippen LogP contribution >= 0.6 is 0 Å². The fourth-order valence-electron chi connectivity index (χ4n) is 3.77. The van der Waals surface area contributed by atoms with Gasteiger partial charge in [-0.05, 0) is 26.3 Å². The van der Waals surface area contributed by atoms with Crippen LogP contribution in [-0.2, 0) is 6.54 Å². The highest BCUT2D eigenvalue weighted by atomic mass is 16.3. The van der Waals surface area contributed by atoms with E-state index in [1.165, 1.54) is 5.56 Å². The molecule has 1 fully saturated rings. The van der Waals surface area contributed by atoms with E-state index in [4.69, 9.17) is 4.42 Å². The van der Waals surface area contributed by atoms with Crippen LogP contribution in [0.4, 0.5) is 5.82 Å². The molecule has 138 valence electrons. The first kappa shape index (κ1) is 17.1. The number of hydrogen-bond acceptors (Lipinski definition) is 6. The zero-order valence-electron chi connectivity index (χ0n) is 15.3. The maximum atomic E-state index is 9.55. The van der Waals surface area contributed by atoms with E-state index >= 15 is 0 Å². The fourth-order valence-corrected chi connectivity index (χ4v) is 3.77. The number of nitrogens with zero attached hydrogens (tertiary/aromatic N) is 5. The van der Waals surface area contributed by atoms with Crippen molar-refractivity contribution in [1.82, 2.24) is 19.5 Å². The summed E-state index contributed by atoms with van der Waals surface area (Å²) in [6, 6.07) is 6.40. The van der Waals surface area contributed by atoms with Crippen LogP contribution in [0.1, 0.15) is 23.4 Å². The van der Waals surface area contributed by atoms with E-state index in [0.717, 1.165) is 55.5 Å². The lowest BCUT2D eigenvalue weighted by Gasteiger charge is -2.42. The molecule has 4 heterocycles. The number of piperazine rings is 1. The third kappa shape index (κ3) is 3.32. The number of furan rings is 1. The van der Waals surface area contributed by atoms with Crippen LogP contribution in [0.25, 0.3) is 5.65 Å². The van der Waals surface area contributed by atoms with Gasteiger partial charge in [-0.2, -0.15) is 9.61 Å². The van der Waals surface area contributed by atoms with E-state index in [1.54, 1.807) is 12.5 Å². The van der Waals surface area contributed by atoms with Crippen molar-refractivity contribution in [2.75, 3.05) is 31.1 Å². The molecule has 0 aromatic carbocycles. The van der Waals surface area contributed by atoms with E-state index in [0.29, 0.717) is 0 Å². The molecule has 1 atom stereocenters. The highest BCUT2D eigenvalue weighted by Gasteiger charge is 2.28. The van der Waals surface area contributed by atoms with E-state index in [1.807, 2.05) is 30.5 Å². The zero-order valence-corrected chi connectivity index (χ0v) is 15.3. The highest BCUT2D eigenvalue weighted by molar-refractivity contribution is 5.52. The molecule has 4 rings (SSSR count). The third-order valence-corrected chi connectivity index (χ3v) is 5.02. The number of hydrogen-bond donors (Lipinski definition) is 1.